The number of aryl methyl sites for hydroxylation is 1. The second kappa shape index (κ2) is 6.92. The van der Waals surface area contributed by atoms with E-state index in [9.17, 15) is 10.2 Å². The van der Waals surface area contributed by atoms with Crippen molar-refractivity contribution >= 4 is 0 Å². The summed E-state index contributed by atoms with van der Waals surface area (Å²) in [4.78, 5) is 0. The smallest absolute Gasteiger partial charge is 0.127 e. The SMILES string of the molecule is Cc1cccc(CO)c1OCC(O)CC1CCCC1. The van der Waals surface area contributed by atoms with Crippen LogP contribution in [0.5, 0.6) is 5.75 Å². The topological polar surface area (TPSA) is 49.7 Å². The number of ether oxygens (including phenoxy) is 1. The van der Waals surface area contributed by atoms with Gasteiger partial charge in [0, 0.05) is 5.56 Å². The van der Waals surface area contributed by atoms with E-state index in [0.717, 1.165) is 23.3 Å². The quantitative estimate of drug-likeness (QED) is 0.830. The Labute approximate surface area is 115 Å². The molecule has 0 bridgehead atoms. The van der Waals surface area contributed by atoms with E-state index in [1.807, 2.05) is 25.1 Å². The van der Waals surface area contributed by atoms with Gasteiger partial charge in [0.25, 0.3) is 0 Å². The molecule has 0 amide bonds. The minimum atomic E-state index is -0.408. The summed E-state index contributed by atoms with van der Waals surface area (Å²) in [6.07, 6.45) is 5.50. The summed E-state index contributed by atoms with van der Waals surface area (Å²) in [7, 11) is 0. The summed E-state index contributed by atoms with van der Waals surface area (Å²) in [5.41, 5.74) is 1.78. The minimum absolute atomic E-state index is 0.0320. The summed E-state index contributed by atoms with van der Waals surface area (Å²) < 4.78 is 5.72. The van der Waals surface area contributed by atoms with E-state index in [1.165, 1.54) is 25.7 Å². The maximum atomic E-state index is 10.0. The predicted molar refractivity (Wildman–Crippen MR) is 75.2 cm³/mol. The van der Waals surface area contributed by atoms with Crippen LogP contribution >= 0.6 is 0 Å². The summed E-state index contributed by atoms with van der Waals surface area (Å²) >= 11 is 0. The van der Waals surface area contributed by atoms with Gasteiger partial charge in [-0.1, -0.05) is 43.9 Å². The van der Waals surface area contributed by atoms with E-state index in [-0.39, 0.29) is 6.61 Å². The molecule has 0 heterocycles. The Bertz CT molecular complexity index is 397. The molecule has 3 heteroatoms. The van der Waals surface area contributed by atoms with Crippen molar-refractivity contribution in [3.8, 4) is 5.75 Å². The van der Waals surface area contributed by atoms with Gasteiger partial charge < -0.3 is 14.9 Å². The molecule has 0 radical (unpaired) electrons. The van der Waals surface area contributed by atoms with E-state index in [1.54, 1.807) is 0 Å². The van der Waals surface area contributed by atoms with E-state index in [2.05, 4.69) is 0 Å². The fraction of sp³-hybridized carbons (Fsp3) is 0.625. The highest BCUT2D eigenvalue weighted by atomic mass is 16.5. The molecule has 1 aromatic rings. The van der Waals surface area contributed by atoms with E-state index in [4.69, 9.17) is 4.74 Å². The van der Waals surface area contributed by atoms with Crippen LogP contribution in [0.2, 0.25) is 0 Å². The number of aliphatic hydroxyl groups excluding tert-OH is 2. The van der Waals surface area contributed by atoms with Crippen molar-refractivity contribution in [2.75, 3.05) is 6.61 Å². The second-order valence-electron chi connectivity index (χ2n) is 5.57. The molecule has 1 aromatic carbocycles. The van der Waals surface area contributed by atoms with E-state index >= 15 is 0 Å². The minimum Gasteiger partial charge on any atom is -0.490 e. The molecule has 0 spiro atoms. The maximum absolute atomic E-state index is 10.0. The van der Waals surface area contributed by atoms with Gasteiger partial charge in [-0.05, 0) is 24.8 Å². The van der Waals surface area contributed by atoms with Crippen molar-refractivity contribution in [1.29, 1.82) is 0 Å². The third-order valence-corrected chi connectivity index (χ3v) is 3.96. The average molecular weight is 264 g/mol. The Balaban J connectivity index is 1.87. The number of aliphatic hydroxyl groups is 2. The zero-order valence-corrected chi connectivity index (χ0v) is 11.6. The third-order valence-electron chi connectivity index (χ3n) is 3.96. The number of hydrogen-bond donors (Lipinski definition) is 2. The van der Waals surface area contributed by atoms with Gasteiger partial charge in [-0.3, -0.25) is 0 Å². The Hall–Kier alpha value is -1.06. The lowest BCUT2D eigenvalue weighted by molar-refractivity contribution is 0.0840. The predicted octanol–water partition coefficient (Wildman–Crippen LogP) is 2.81. The number of hydrogen-bond acceptors (Lipinski definition) is 3. The molecule has 2 N–H and O–H groups in total. The van der Waals surface area contributed by atoms with Crippen LogP contribution in [0.15, 0.2) is 18.2 Å². The first-order valence-electron chi connectivity index (χ1n) is 7.21. The van der Waals surface area contributed by atoms with Gasteiger partial charge in [0.1, 0.15) is 12.4 Å². The van der Waals surface area contributed by atoms with Crippen LogP contribution < -0.4 is 4.74 Å². The lowest BCUT2D eigenvalue weighted by Gasteiger charge is -2.18. The second-order valence-corrected chi connectivity index (χ2v) is 5.57. The van der Waals surface area contributed by atoms with Gasteiger partial charge in [0.15, 0.2) is 0 Å². The first-order chi connectivity index (χ1) is 9.20. The van der Waals surface area contributed by atoms with Crippen LogP contribution in [0.3, 0.4) is 0 Å². The highest BCUT2D eigenvalue weighted by Crippen LogP contribution is 2.29. The molecule has 0 aliphatic heterocycles. The molecule has 1 atom stereocenters. The lowest BCUT2D eigenvalue weighted by Crippen LogP contribution is -2.21. The largest absolute Gasteiger partial charge is 0.490 e. The lowest BCUT2D eigenvalue weighted by atomic mass is 10.0. The Morgan fingerprint density at radius 3 is 2.74 bits per heavy atom. The fourth-order valence-corrected chi connectivity index (χ4v) is 2.92. The van der Waals surface area contributed by atoms with Crippen molar-refractivity contribution in [3.63, 3.8) is 0 Å². The van der Waals surface area contributed by atoms with Crippen LogP contribution in [0.4, 0.5) is 0 Å². The Morgan fingerprint density at radius 2 is 2.05 bits per heavy atom. The summed E-state index contributed by atoms with van der Waals surface area (Å²) in [6.45, 7) is 2.24. The normalized spacial score (nSPS) is 17.6. The zero-order valence-electron chi connectivity index (χ0n) is 11.6. The van der Waals surface area contributed by atoms with Crippen LogP contribution in [-0.4, -0.2) is 22.9 Å². The number of benzene rings is 1. The average Bonchev–Trinajstić information content (AvgIpc) is 2.89. The molecule has 106 valence electrons. The van der Waals surface area contributed by atoms with Gasteiger partial charge in [0.05, 0.1) is 12.7 Å². The molecule has 1 saturated carbocycles. The number of rotatable bonds is 6. The molecule has 19 heavy (non-hydrogen) atoms. The van der Waals surface area contributed by atoms with Crippen LogP contribution in [0, 0.1) is 12.8 Å². The molecule has 0 saturated heterocycles. The van der Waals surface area contributed by atoms with Crippen molar-refractivity contribution in [2.24, 2.45) is 5.92 Å². The molecule has 1 aliphatic rings. The van der Waals surface area contributed by atoms with Crippen LogP contribution in [0.1, 0.15) is 43.2 Å². The maximum Gasteiger partial charge on any atom is 0.127 e. The molecular formula is C16H24O3. The third kappa shape index (κ3) is 3.95. The summed E-state index contributed by atoms with van der Waals surface area (Å²) in [5, 5.41) is 19.3. The van der Waals surface area contributed by atoms with Gasteiger partial charge >= 0.3 is 0 Å². The summed E-state index contributed by atoms with van der Waals surface area (Å²) in [6, 6.07) is 5.71. The van der Waals surface area contributed by atoms with Gasteiger partial charge in [-0.25, -0.2) is 0 Å². The Kier molecular flexibility index (Phi) is 5.23. The molecule has 2 rings (SSSR count). The van der Waals surface area contributed by atoms with E-state index < -0.39 is 6.10 Å². The Morgan fingerprint density at radius 1 is 1.32 bits per heavy atom. The van der Waals surface area contributed by atoms with Gasteiger partial charge in [-0.15, -0.1) is 0 Å². The van der Waals surface area contributed by atoms with Gasteiger partial charge in [-0.2, -0.15) is 0 Å². The highest BCUT2D eigenvalue weighted by molar-refractivity contribution is 5.40. The molecule has 1 fully saturated rings. The zero-order chi connectivity index (χ0) is 13.7. The first kappa shape index (κ1) is 14.4. The van der Waals surface area contributed by atoms with Crippen molar-refractivity contribution < 1.29 is 14.9 Å². The van der Waals surface area contributed by atoms with Crippen LogP contribution in [0.25, 0.3) is 0 Å². The van der Waals surface area contributed by atoms with Crippen molar-refractivity contribution in [1.82, 2.24) is 0 Å². The summed E-state index contributed by atoms with van der Waals surface area (Å²) in [5.74, 6) is 1.38. The monoisotopic (exact) mass is 264 g/mol. The number of para-hydroxylation sites is 1. The highest BCUT2D eigenvalue weighted by Gasteiger charge is 2.19. The molecular weight excluding hydrogens is 240 g/mol. The molecule has 3 nitrogen and oxygen atoms in total. The fourth-order valence-electron chi connectivity index (χ4n) is 2.92. The van der Waals surface area contributed by atoms with Crippen LogP contribution in [-0.2, 0) is 6.61 Å². The van der Waals surface area contributed by atoms with Crippen molar-refractivity contribution in [3.05, 3.63) is 29.3 Å². The molecule has 1 aliphatic carbocycles. The molecule has 0 aromatic heterocycles. The standard InChI is InChI=1S/C16H24O3/c1-12-5-4-8-14(10-17)16(12)19-11-15(18)9-13-6-2-3-7-13/h4-5,8,13,15,17-18H,2-3,6-7,9-11H2,1H3. The molecule has 1 unspecified atom stereocenters. The van der Waals surface area contributed by atoms with Gasteiger partial charge in [0.2, 0.25) is 0 Å². The van der Waals surface area contributed by atoms with E-state index in [0.29, 0.717) is 12.5 Å². The first-order valence-corrected chi connectivity index (χ1v) is 7.21. The van der Waals surface area contributed by atoms with Crippen molar-refractivity contribution in [2.45, 2.75) is 51.7 Å².